The number of ether oxygens (including phenoxy) is 1. The third kappa shape index (κ3) is 3.44. The maximum absolute atomic E-state index is 12.3. The zero-order valence-corrected chi connectivity index (χ0v) is 14.2. The van der Waals surface area contributed by atoms with Crippen LogP contribution in [-0.2, 0) is 16.1 Å². The van der Waals surface area contributed by atoms with E-state index in [2.05, 4.69) is 4.98 Å². The second-order valence-corrected chi connectivity index (χ2v) is 6.57. The lowest BCUT2D eigenvalue weighted by Gasteiger charge is -2.16. The lowest BCUT2D eigenvalue weighted by atomic mass is 10.1. The number of hydrogen-bond donors (Lipinski definition) is 0. The Labute approximate surface area is 151 Å². The van der Waals surface area contributed by atoms with Gasteiger partial charge in [-0.3, -0.25) is 4.79 Å². The highest BCUT2D eigenvalue weighted by molar-refractivity contribution is 5.90. The molecule has 1 atom stereocenters. The zero-order valence-electron chi connectivity index (χ0n) is 14.2. The van der Waals surface area contributed by atoms with Crippen molar-refractivity contribution in [3.05, 3.63) is 72.3 Å². The highest BCUT2D eigenvalue weighted by atomic mass is 16.5. The van der Waals surface area contributed by atoms with E-state index in [4.69, 9.17) is 4.74 Å². The quantitative estimate of drug-likeness (QED) is 0.664. The van der Waals surface area contributed by atoms with Crippen LogP contribution in [0, 0.1) is 5.92 Å². The van der Waals surface area contributed by atoms with Crippen molar-refractivity contribution in [2.45, 2.75) is 13.0 Å². The molecule has 2 aromatic heterocycles. The highest BCUT2D eigenvalue weighted by Gasteiger charge is 2.30. The summed E-state index contributed by atoms with van der Waals surface area (Å²) in [6.07, 6.45) is 5.56. The van der Waals surface area contributed by atoms with Crippen LogP contribution >= 0.6 is 0 Å². The van der Waals surface area contributed by atoms with Crippen molar-refractivity contribution in [1.82, 2.24) is 14.3 Å². The molecular weight excluding hydrogens is 330 g/mol. The summed E-state index contributed by atoms with van der Waals surface area (Å²) in [6.45, 7) is 1.46. The van der Waals surface area contributed by atoms with E-state index in [1.807, 2.05) is 39.6 Å². The lowest BCUT2D eigenvalue weighted by molar-refractivity contribution is -0.128. The predicted molar refractivity (Wildman–Crippen MR) is 95.4 cm³/mol. The van der Waals surface area contributed by atoms with Crippen LogP contribution in [-0.4, -0.2) is 39.3 Å². The van der Waals surface area contributed by atoms with Crippen molar-refractivity contribution in [2.75, 3.05) is 13.2 Å². The van der Waals surface area contributed by atoms with E-state index < -0.39 is 0 Å². The van der Waals surface area contributed by atoms with Gasteiger partial charge in [-0.25, -0.2) is 9.78 Å². The van der Waals surface area contributed by atoms with Gasteiger partial charge >= 0.3 is 5.97 Å². The molecule has 1 aliphatic heterocycles. The fraction of sp³-hybridized carbons (Fsp3) is 0.250. The Bertz CT molecular complexity index is 936. The number of imidazole rings is 1. The molecule has 0 saturated carbocycles. The molecule has 4 rings (SSSR count). The van der Waals surface area contributed by atoms with Crippen molar-refractivity contribution < 1.29 is 14.3 Å². The zero-order chi connectivity index (χ0) is 17.9. The molecule has 3 aromatic rings. The van der Waals surface area contributed by atoms with E-state index in [1.54, 1.807) is 30.9 Å². The smallest absolute Gasteiger partial charge is 0.338 e. The number of nitrogens with zero attached hydrogens (tertiary/aromatic N) is 3. The number of benzene rings is 1. The average Bonchev–Trinajstić information content (AvgIpc) is 3.26. The second kappa shape index (κ2) is 7.00. The minimum Gasteiger partial charge on any atom is -0.462 e. The van der Waals surface area contributed by atoms with Gasteiger partial charge in [0.15, 0.2) is 0 Å². The number of esters is 1. The molecule has 6 nitrogen and oxygen atoms in total. The standard InChI is InChI=1S/C20H19N3O3/c24-19-8-16(12-23(19)11-15-4-2-1-3-5-15)13-26-20(25)17-6-7-22-14-21-10-18(22)9-17/h1-7,9-10,14,16H,8,11-13H2/t16-/m1/s1. The number of likely N-dealkylation sites (tertiary alicyclic amines) is 1. The van der Waals surface area contributed by atoms with E-state index in [0.717, 1.165) is 11.1 Å². The number of rotatable bonds is 5. The molecule has 3 heterocycles. The maximum atomic E-state index is 12.3. The Morgan fingerprint density at radius 2 is 2.08 bits per heavy atom. The minimum atomic E-state index is -0.373. The molecule has 0 radical (unpaired) electrons. The number of carbonyl (C=O) groups excluding carboxylic acids is 2. The molecule has 0 spiro atoms. The average molecular weight is 349 g/mol. The van der Waals surface area contributed by atoms with E-state index in [9.17, 15) is 9.59 Å². The first-order valence-corrected chi connectivity index (χ1v) is 8.59. The largest absolute Gasteiger partial charge is 0.462 e. The fourth-order valence-electron chi connectivity index (χ4n) is 3.25. The van der Waals surface area contributed by atoms with Crippen LogP contribution < -0.4 is 0 Å². The van der Waals surface area contributed by atoms with Gasteiger partial charge < -0.3 is 14.0 Å². The molecule has 1 aromatic carbocycles. The molecule has 0 aliphatic carbocycles. The molecule has 0 bridgehead atoms. The summed E-state index contributed by atoms with van der Waals surface area (Å²) in [5, 5.41) is 0. The van der Waals surface area contributed by atoms with E-state index in [0.29, 0.717) is 25.1 Å². The second-order valence-electron chi connectivity index (χ2n) is 6.57. The van der Waals surface area contributed by atoms with Gasteiger partial charge in [-0.05, 0) is 17.7 Å². The van der Waals surface area contributed by atoms with Crippen LogP contribution in [0.15, 0.2) is 61.2 Å². The molecule has 1 fully saturated rings. The van der Waals surface area contributed by atoms with Gasteiger partial charge in [0.2, 0.25) is 5.91 Å². The van der Waals surface area contributed by atoms with Gasteiger partial charge in [-0.1, -0.05) is 30.3 Å². The summed E-state index contributed by atoms with van der Waals surface area (Å²) in [6, 6.07) is 13.4. The Hall–Kier alpha value is -3.15. The van der Waals surface area contributed by atoms with Gasteiger partial charge in [-0.15, -0.1) is 0 Å². The summed E-state index contributed by atoms with van der Waals surface area (Å²) < 4.78 is 7.26. The lowest BCUT2D eigenvalue weighted by Crippen LogP contribution is -2.25. The van der Waals surface area contributed by atoms with Crippen molar-refractivity contribution in [2.24, 2.45) is 5.92 Å². The highest BCUT2D eigenvalue weighted by Crippen LogP contribution is 2.21. The first-order valence-electron chi connectivity index (χ1n) is 8.59. The third-order valence-electron chi connectivity index (χ3n) is 4.61. The number of amides is 1. The van der Waals surface area contributed by atoms with Crippen LogP contribution in [0.3, 0.4) is 0 Å². The first-order chi connectivity index (χ1) is 12.7. The summed E-state index contributed by atoms with van der Waals surface area (Å²) in [7, 11) is 0. The maximum Gasteiger partial charge on any atom is 0.338 e. The van der Waals surface area contributed by atoms with Crippen LogP contribution in [0.4, 0.5) is 0 Å². The van der Waals surface area contributed by atoms with Crippen LogP contribution in [0.1, 0.15) is 22.3 Å². The summed E-state index contributed by atoms with van der Waals surface area (Å²) >= 11 is 0. The number of pyridine rings is 1. The van der Waals surface area contributed by atoms with Crippen molar-refractivity contribution >= 4 is 17.4 Å². The monoisotopic (exact) mass is 349 g/mol. The van der Waals surface area contributed by atoms with Gasteiger partial charge in [0.25, 0.3) is 0 Å². The van der Waals surface area contributed by atoms with Crippen LogP contribution in [0.25, 0.3) is 5.52 Å². The van der Waals surface area contributed by atoms with Gasteiger partial charge in [0.1, 0.15) is 0 Å². The molecule has 1 saturated heterocycles. The van der Waals surface area contributed by atoms with E-state index >= 15 is 0 Å². The third-order valence-corrected chi connectivity index (χ3v) is 4.61. The van der Waals surface area contributed by atoms with E-state index in [-0.39, 0.29) is 24.4 Å². The molecule has 6 heteroatoms. The van der Waals surface area contributed by atoms with E-state index in [1.165, 1.54) is 0 Å². The fourth-order valence-corrected chi connectivity index (χ4v) is 3.25. The van der Waals surface area contributed by atoms with Gasteiger partial charge in [0.05, 0.1) is 30.2 Å². The Balaban J connectivity index is 1.33. The van der Waals surface area contributed by atoms with Crippen LogP contribution in [0.5, 0.6) is 0 Å². The number of fused-ring (bicyclic) bond motifs is 1. The summed E-state index contributed by atoms with van der Waals surface area (Å²) in [5.41, 5.74) is 2.43. The first kappa shape index (κ1) is 16.3. The van der Waals surface area contributed by atoms with Gasteiger partial charge in [-0.2, -0.15) is 0 Å². The number of hydrogen-bond acceptors (Lipinski definition) is 4. The van der Waals surface area contributed by atoms with Gasteiger partial charge in [0, 0.05) is 31.6 Å². The molecule has 1 aliphatic rings. The molecule has 0 N–H and O–H groups in total. The molecule has 132 valence electrons. The molecule has 0 unspecified atom stereocenters. The Kier molecular flexibility index (Phi) is 4.39. The SMILES string of the molecule is O=C(OC[C@@H]1CC(=O)N(Cc2ccccc2)C1)c1ccn2cncc2c1. The van der Waals surface area contributed by atoms with Crippen molar-refractivity contribution in [3.8, 4) is 0 Å². The Morgan fingerprint density at radius 1 is 1.23 bits per heavy atom. The summed E-state index contributed by atoms with van der Waals surface area (Å²) in [5.74, 6) is -0.230. The molecule has 26 heavy (non-hydrogen) atoms. The minimum absolute atomic E-state index is 0.0360. The topological polar surface area (TPSA) is 63.9 Å². The van der Waals surface area contributed by atoms with Crippen molar-refractivity contribution in [3.63, 3.8) is 0 Å². The van der Waals surface area contributed by atoms with Crippen LogP contribution in [0.2, 0.25) is 0 Å². The Morgan fingerprint density at radius 3 is 2.92 bits per heavy atom. The molecular formula is C20H19N3O3. The molecule has 1 amide bonds. The number of carbonyl (C=O) groups is 2. The summed E-state index contributed by atoms with van der Waals surface area (Å²) in [4.78, 5) is 30.3. The van der Waals surface area contributed by atoms with Crippen molar-refractivity contribution in [1.29, 1.82) is 0 Å². The normalized spacial score (nSPS) is 17.0. The predicted octanol–water partition coefficient (Wildman–Crippen LogP) is 2.54. The number of aromatic nitrogens is 2.